The lowest BCUT2D eigenvalue weighted by molar-refractivity contribution is -0.144. The molecule has 0 unspecified atom stereocenters. The molecular weight excluding hydrogens is 1260 g/mol. The molecule has 2 aliphatic heterocycles. The fourth-order valence-electron chi connectivity index (χ4n) is 11.3. The highest BCUT2D eigenvalue weighted by molar-refractivity contribution is 6.08. The van der Waals surface area contributed by atoms with E-state index >= 15 is 0 Å². The number of fused-ring (bicyclic) bond motifs is 2. The second-order valence-corrected chi connectivity index (χ2v) is 23.6. The number of ether oxygens (including phenoxy) is 4. The van der Waals surface area contributed by atoms with Crippen molar-refractivity contribution in [2.24, 2.45) is 0 Å². The first-order valence-corrected chi connectivity index (χ1v) is 32.1. The molecule has 6 N–H and O–H groups in total. The second kappa shape index (κ2) is 34.9. The summed E-state index contributed by atoms with van der Waals surface area (Å²) in [5.41, 5.74) is 7.25. The van der Waals surface area contributed by atoms with Gasteiger partial charge in [0.25, 0.3) is 23.6 Å². The van der Waals surface area contributed by atoms with Gasteiger partial charge in [0, 0.05) is 52.4 Å². The van der Waals surface area contributed by atoms with Gasteiger partial charge in [-0.25, -0.2) is 28.0 Å². The molecule has 7 aromatic carbocycles. The molecule has 98 heavy (non-hydrogen) atoms. The van der Waals surface area contributed by atoms with Crippen LogP contribution in [0, 0.1) is 11.6 Å². The van der Waals surface area contributed by atoms with Crippen molar-refractivity contribution in [1.82, 2.24) is 41.7 Å². The Morgan fingerprint density at radius 2 is 0.704 bits per heavy atom. The third-order valence-corrected chi connectivity index (χ3v) is 16.7. The van der Waals surface area contributed by atoms with Crippen LogP contribution in [0.5, 0.6) is 0 Å². The number of alkyl carbamates (subject to hydrolysis) is 2. The molecule has 2 heterocycles. The van der Waals surface area contributed by atoms with E-state index in [1.807, 2.05) is 12.1 Å². The molecule has 8 amide bonds. The molecule has 9 rings (SSSR count). The van der Waals surface area contributed by atoms with Crippen LogP contribution in [0.2, 0.25) is 0 Å². The summed E-state index contributed by atoms with van der Waals surface area (Å²) in [6, 6.07) is 41.0. The Labute approximate surface area is 565 Å². The quantitative estimate of drug-likeness (QED) is 0.0141. The van der Waals surface area contributed by atoms with Gasteiger partial charge < -0.3 is 60.6 Å². The summed E-state index contributed by atoms with van der Waals surface area (Å²) in [5.74, 6) is -4.95. The highest BCUT2D eigenvalue weighted by Gasteiger charge is 2.31. The van der Waals surface area contributed by atoms with Crippen LogP contribution in [0.3, 0.4) is 0 Å². The van der Waals surface area contributed by atoms with E-state index in [1.54, 1.807) is 131 Å². The zero-order chi connectivity index (χ0) is 69.5. The second-order valence-electron chi connectivity index (χ2n) is 23.6. The van der Waals surface area contributed by atoms with Gasteiger partial charge in [0.05, 0.1) is 49.3 Å². The number of benzene rings is 7. The van der Waals surface area contributed by atoms with Crippen molar-refractivity contribution in [3.63, 3.8) is 0 Å². The van der Waals surface area contributed by atoms with Crippen molar-refractivity contribution in [2.75, 3.05) is 40.4 Å². The largest absolute Gasteiger partial charge is 0.467 e. The summed E-state index contributed by atoms with van der Waals surface area (Å²) in [4.78, 5) is 138. The van der Waals surface area contributed by atoms with Crippen LogP contribution >= 0.6 is 0 Å². The van der Waals surface area contributed by atoms with Gasteiger partial charge in [-0.2, -0.15) is 0 Å². The number of esters is 2. The fraction of sp³-hybridized carbons (Fsp3) is 0.297. The molecule has 0 aliphatic carbocycles. The normalized spacial score (nSPS) is 12.6. The van der Waals surface area contributed by atoms with Crippen LogP contribution in [0.4, 0.5) is 18.4 Å². The summed E-state index contributed by atoms with van der Waals surface area (Å²) in [5, 5.41) is 16.4. The Balaban J connectivity index is 0.800. The lowest BCUT2D eigenvalue weighted by atomic mass is 9.98. The van der Waals surface area contributed by atoms with Crippen molar-refractivity contribution in [2.45, 2.75) is 103 Å². The first-order valence-electron chi connectivity index (χ1n) is 32.1. The first-order chi connectivity index (χ1) is 47.4. The van der Waals surface area contributed by atoms with Crippen LogP contribution in [-0.4, -0.2) is 122 Å². The SMILES string of the molecule is COC(=O)[C@H](CCCNC(=O)c1cc2c(cc1C(=O)NCCc1ccc(F)cc1)CN(C(=O)Cc1ccc(CC(=O)N3Cc4cc(C(=O)NCCC[C@H](NC(=O)OCc5ccccc5)C(=O)OC)c(C(=O)NCCc5ccc(F)cc5)cc4C3)cc1)C2)NC(=O)OCc1ccccc1. The maximum atomic E-state index is 14.0. The molecule has 2 atom stereocenters. The van der Waals surface area contributed by atoms with Gasteiger partial charge in [-0.1, -0.05) is 109 Å². The van der Waals surface area contributed by atoms with Crippen molar-refractivity contribution in [3.8, 4) is 0 Å². The molecule has 22 nitrogen and oxygen atoms in total. The lowest BCUT2D eigenvalue weighted by Crippen LogP contribution is -2.42. The number of carbonyl (C=O) groups excluding carboxylic acids is 10. The summed E-state index contributed by atoms with van der Waals surface area (Å²) < 4.78 is 47.6. The summed E-state index contributed by atoms with van der Waals surface area (Å²) in [6.07, 6.45) is -0.330. The molecule has 2 aliphatic rings. The van der Waals surface area contributed by atoms with Crippen LogP contribution in [0.15, 0.2) is 158 Å². The number of methoxy groups -OCH3 is 2. The van der Waals surface area contributed by atoms with Gasteiger partial charge in [0.15, 0.2) is 0 Å². The van der Waals surface area contributed by atoms with E-state index in [0.29, 0.717) is 46.2 Å². The summed E-state index contributed by atoms with van der Waals surface area (Å²) >= 11 is 0. The highest BCUT2D eigenvalue weighted by Crippen LogP contribution is 2.30. The number of carbonyl (C=O) groups is 10. The third kappa shape index (κ3) is 20.4. The Bertz CT molecular complexity index is 3750. The van der Waals surface area contributed by atoms with E-state index in [9.17, 15) is 56.7 Å². The Hall–Kier alpha value is -11.3. The van der Waals surface area contributed by atoms with Gasteiger partial charge in [-0.05, 0) is 143 Å². The molecule has 0 radical (unpaired) electrons. The molecule has 0 saturated heterocycles. The number of amides is 8. The average Bonchev–Trinajstić information content (AvgIpc) is 1.61. The van der Waals surface area contributed by atoms with Crippen molar-refractivity contribution < 1.29 is 75.7 Å². The van der Waals surface area contributed by atoms with Crippen LogP contribution < -0.4 is 31.9 Å². The Morgan fingerprint density at radius 3 is 1.02 bits per heavy atom. The predicted molar refractivity (Wildman–Crippen MR) is 354 cm³/mol. The molecule has 0 spiro atoms. The number of halogens is 2. The van der Waals surface area contributed by atoms with E-state index in [-0.39, 0.29) is 138 Å². The monoisotopic (exact) mass is 1340 g/mol. The van der Waals surface area contributed by atoms with Crippen molar-refractivity contribution in [1.29, 1.82) is 0 Å². The maximum Gasteiger partial charge on any atom is 0.408 e. The fourth-order valence-corrected chi connectivity index (χ4v) is 11.3. The van der Waals surface area contributed by atoms with Crippen LogP contribution in [-0.2, 0) is 103 Å². The van der Waals surface area contributed by atoms with E-state index in [0.717, 1.165) is 22.3 Å². The van der Waals surface area contributed by atoms with Gasteiger partial charge in [0.2, 0.25) is 11.8 Å². The minimum atomic E-state index is -1.08. The van der Waals surface area contributed by atoms with E-state index < -0.39 is 71.5 Å². The zero-order valence-electron chi connectivity index (χ0n) is 54.3. The molecule has 0 fully saturated rings. The molecule has 24 heteroatoms. The summed E-state index contributed by atoms with van der Waals surface area (Å²) in [7, 11) is 2.37. The number of rotatable bonds is 30. The molecule has 510 valence electrons. The standard InChI is InChI=1S/C74H76F2N8O14/c1-95-71(91)63(81-73(93)97-45-51-11-5-3-6-12-51)15-9-31-77-67(87)59-37-53-41-83(43-55(53)39-61(59)69(89)79-33-29-47-21-25-57(75)26-22-47)65(85)35-49-17-19-50(20-18-49)36-66(86)84-42-54-38-60(62(40-56(54)44-84)70(90)80-34-30-48-23-27-58(76)28-24-48)68(88)78-32-10-16-64(72(92)96-2)82-74(94)98-46-52-13-7-4-8-14-52/h3-8,11-14,17-28,37-40,63-64H,9-10,15-16,29-36,41-46H2,1-2H3,(H,77,87)(H,78,88)(H,79,89)(H,80,90)(H,81,93)(H,82,94)/t63-,64-/m0/s1. The average molecular weight is 1340 g/mol. The first kappa shape index (κ1) is 71.0. The van der Waals surface area contributed by atoms with Gasteiger partial charge in [0.1, 0.15) is 36.9 Å². The minimum Gasteiger partial charge on any atom is -0.467 e. The Morgan fingerprint density at radius 1 is 0.398 bits per heavy atom. The highest BCUT2D eigenvalue weighted by atomic mass is 19.1. The van der Waals surface area contributed by atoms with Crippen LogP contribution in [0.25, 0.3) is 0 Å². The van der Waals surface area contributed by atoms with E-state index in [1.165, 1.54) is 38.5 Å². The minimum absolute atomic E-state index is 0.00478. The number of nitrogens with one attached hydrogen (secondary N) is 6. The molecule has 0 bridgehead atoms. The van der Waals surface area contributed by atoms with Gasteiger partial charge in [-0.3, -0.25) is 28.8 Å². The Kier molecular flexibility index (Phi) is 25.3. The third-order valence-electron chi connectivity index (χ3n) is 16.7. The van der Waals surface area contributed by atoms with E-state index in [2.05, 4.69) is 31.9 Å². The molecule has 7 aromatic rings. The lowest BCUT2D eigenvalue weighted by Gasteiger charge is -2.17. The smallest absolute Gasteiger partial charge is 0.408 e. The molecule has 0 saturated carbocycles. The molecular formula is C74H76F2N8O14. The van der Waals surface area contributed by atoms with Crippen molar-refractivity contribution in [3.05, 3.63) is 247 Å². The number of hydrogen-bond donors (Lipinski definition) is 6. The maximum absolute atomic E-state index is 14.0. The topological polar surface area (TPSA) is 286 Å². The zero-order valence-corrected chi connectivity index (χ0v) is 54.3. The predicted octanol–water partition coefficient (Wildman–Crippen LogP) is 8.04. The number of nitrogens with zero attached hydrogens (tertiary/aromatic N) is 2. The van der Waals surface area contributed by atoms with Gasteiger partial charge >= 0.3 is 24.1 Å². The molecule has 0 aromatic heterocycles. The summed E-state index contributed by atoms with van der Waals surface area (Å²) in [6.45, 7) is 0.957. The van der Waals surface area contributed by atoms with Crippen LogP contribution in [0.1, 0.15) is 123 Å². The number of hydrogen-bond acceptors (Lipinski definition) is 14. The van der Waals surface area contributed by atoms with Crippen molar-refractivity contribution >= 4 is 59.6 Å². The van der Waals surface area contributed by atoms with E-state index in [4.69, 9.17) is 18.9 Å². The van der Waals surface area contributed by atoms with Gasteiger partial charge in [-0.15, -0.1) is 0 Å².